The van der Waals surface area contributed by atoms with E-state index in [1.165, 1.54) is 44.5 Å². The van der Waals surface area contributed by atoms with Crippen molar-refractivity contribution < 1.29 is 17.7 Å². The molecule has 5 nitrogen and oxygen atoms in total. The third kappa shape index (κ3) is 5.04. The van der Waals surface area contributed by atoms with E-state index in [1.54, 1.807) is 12.1 Å². The number of hydrogen-bond acceptors (Lipinski definition) is 4. The van der Waals surface area contributed by atoms with Crippen LogP contribution in [0.5, 0.6) is 5.75 Å². The summed E-state index contributed by atoms with van der Waals surface area (Å²) in [4.78, 5) is 2.34. The Morgan fingerprint density at radius 3 is 2.00 bits per heavy atom. The van der Waals surface area contributed by atoms with E-state index in [9.17, 15) is 8.42 Å². The summed E-state index contributed by atoms with van der Waals surface area (Å²) in [6, 6.07) is 13.9. The van der Waals surface area contributed by atoms with Crippen molar-refractivity contribution in [2.75, 3.05) is 26.2 Å². The van der Waals surface area contributed by atoms with E-state index in [4.69, 9.17) is 9.29 Å². The Hall–Kier alpha value is -1.89. The molecular weight excluding hydrogens is 338 g/mol. The molecule has 3 rings (SSSR count). The molecule has 0 radical (unpaired) electrons. The van der Waals surface area contributed by atoms with Gasteiger partial charge in [-0.05, 0) is 61.3 Å². The number of hydrogen-bond donors (Lipinski definition) is 1. The van der Waals surface area contributed by atoms with Crippen LogP contribution in [0.4, 0.5) is 0 Å². The number of likely N-dealkylation sites (tertiary alicyclic amines) is 1. The molecule has 1 aliphatic rings. The minimum atomic E-state index is -4.15. The Labute approximate surface area is 149 Å². The topological polar surface area (TPSA) is 66.8 Å². The predicted molar refractivity (Wildman–Crippen MR) is 97.5 cm³/mol. The molecule has 0 bridgehead atoms. The summed E-state index contributed by atoms with van der Waals surface area (Å²) >= 11 is 0. The van der Waals surface area contributed by atoms with E-state index in [0.717, 1.165) is 23.4 Å². The van der Waals surface area contributed by atoms with Crippen LogP contribution < -0.4 is 4.74 Å². The summed E-state index contributed by atoms with van der Waals surface area (Å²) in [5.74, 6) is 0.829. The van der Waals surface area contributed by atoms with Crippen molar-refractivity contribution >= 4 is 10.1 Å². The van der Waals surface area contributed by atoms with Gasteiger partial charge in [0.05, 0.1) is 4.90 Å². The van der Waals surface area contributed by atoms with Crippen molar-refractivity contribution in [2.45, 2.75) is 24.2 Å². The Balaban J connectivity index is 1.56. The number of nitrogens with zero attached hydrogens (tertiary/aromatic N) is 1. The lowest BCUT2D eigenvalue weighted by molar-refractivity contribution is 0.183. The predicted octanol–water partition coefficient (Wildman–Crippen LogP) is 3.47. The van der Waals surface area contributed by atoms with Crippen LogP contribution in [0.15, 0.2) is 53.4 Å². The molecule has 1 fully saturated rings. The van der Waals surface area contributed by atoms with Crippen LogP contribution in [0.3, 0.4) is 0 Å². The van der Waals surface area contributed by atoms with Crippen molar-refractivity contribution in [3.63, 3.8) is 0 Å². The van der Waals surface area contributed by atoms with Gasteiger partial charge in [-0.3, -0.25) is 9.45 Å². The Bertz CT molecular complexity index is 779. The van der Waals surface area contributed by atoms with Crippen LogP contribution in [0.25, 0.3) is 11.1 Å². The normalized spacial score (nSPS) is 15.9. The van der Waals surface area contributed by atoms with Crippen LogP contribution in [0, 0.1) is 0 Å². The summed E-state index contributed by atoms with van der Waals surface area (Å²) < 4.78 is 37.0. The SMILES string of the molecule is O=S(=O)(O)c1ccc(-c2ccc(OCCN3CCCCC3)cc2)cc1. The van der Waals surface area contributed by atoms with Gasteiger partial charge in [0.15, 0.2) is 0 Å². The average molecular weight is 361 g/mol. The van der Waals surface area contributed by atoms with Gasteiger partial charge >= 0.3 is 0 Å². The zero-order chi connectivity index (χ0) is 17.7. The van der Waals surface area contributed by atoms with Crippen LogP contribution in [-0.2, 0) is 10.1 Å². The first-order chi connectivity index (χ1) is 12.0. The second kappa shape index (κ2) is 7.99. The molecule has 1 N–H and O–H groups in total. The molecular formula is C19H23NO4S. The Morgan fingerprint density at radius 1 is 0.880 bits per heavy atom. The molecule has 1 heterocycles. The van der Waals surface area contributed by atoms with Gasteiger partial charge in [0.25, 0.3) is 10.1 Å². The van der Waals surface area contributed by atoms with Crippen molar-refractivity contribution in [3.8, 4) is 16.9 Å². The van der Waals surface area contributed by atoms with Crippen molar-refractivity contribution in [1.29, 1.82) is 0 Å². The second-order valence-corrected chi connectivity index (χ2v) is 7.70. The molecule has 25 heavy (non-hydrogen) atoms. The lowest BCUT2D eigenvalue weighted by atomic mass is 10.1. The zero-order valence-electron chi connectivity index (χ0n) is 14.1. The molecule has 0 atom stereocenters. The van der Waals surface area contributed by atoms with E-state index < -0.39 is 10.1 Å². The minimum Gasteiger partial charge on any atom is -0.492 e. The molecule has 134 valence electrons. The monoisotopic (exact) mass is 361 g/mol. The smallest absolute Gasteiger partial charge is 0.294 e. The maximum atomic E-state index is 11.1. The molecule has 1 saturated heterocycles. The lowest BCUT2D eigenvalue weighted by Gasteiger charge is -2.26. The van der Waals surface area contributed by atoms with Gasteiger partial charge in [0.2, 0.25) is 0 Å². The molecule has 6 heteroatoms. The summed E-state index contributed by atoms with van der Waals surface area (Å²) in [6.07, 6.45) is 3.90. The van der Waals surface area contributed by atoms with E-state index in [1.807, 2.05) is 24.3 Å². The Morgan fingerprint density at radius 2 is 1.44 bits per heavy atom. The standard InChI is InChI=1S/C19H23NO4S/c21-25(22,23)19-10-6-17(7-11-19)16-4-8-18(9-5-16)24-15-14-20-12-2-1-3-13-20/h4-11H,1-3,12-15H2,(H,21,22,23). The highest BCUT2D eigenvalue weighted by Crippen LogP contribution is 2.24. The van der Waals surface area contributed by atoms with E-state index in [0.29, 0.717) is 6.61 Å². The fourth-order valence-corrected chi connectivity index (χ4v) is 3.52. The van der Waals surface area contributed by atoms with Gasteiger partial charge in [-0.15, -0.1) is 0 Å². The van der Waals surface area contributed by atoms with Gasteiger partial charge < -0.3 is 4.74 Å². The summed E-state index contributed by atoms with van der Waals surface area (Å²) in [6.45, 7) is 3.98. The first-order valence-electron chi connectivity index (χ1n) is 8.55. The molecule has 0 amide bonds. The van der Waals surface area contributed by atoms with E-state index in [-0.39, 0.29) is 4.90 Å². The summed E-state index contributed by atoms with van der Waals surface area (Å²) in [7, 11) is -4.15. The Kier molecular flexibility index (Phi) is 5.73. The zero-order valence-corrected chi connectivity index (χ0v) is 14.9. The van der Waals surface area contributed by atoms with Crippen LogP contribution >= 0.6 is 0 Å². The third-order valence-corrected chi connectivity index (χ3v) is 5.33. The molecule has 0 aliphatic carbocycles. The second-order valence-electron chi connectivity index (χ2n) is 6.27. The molecule has 0 unspecified atom stereocenters. The van der Waals surface area contributed by atoms with Crippen molar-refractivity contribution in [2.24, 2.45) is 0 Å². The first kappa shape index (κ1) is 17.9. The highest BCUT2D eigenvalue weighted by atomic mass is 32.2. The molecule has 0 spiro atoms. The molecule has 2 aromatic rings. The number of piperidine rings is 1. The van der Waals surface area contributed by atoms with Gasteiger partial charge in [0.1, 0.15) is 12.4 Å². The highest BCUT2D eigenvalue weighted by Gasteiger charge is 2.10. The van der Waals surface area contributed by atoms with Gasteiger partial charge in [-0.2, -0.15) is 8.42 Å². The third-order valence-electron chi connectivity index (χ3n) is 4.46. The fraction of sp³-hybridized carbons (Fsp3) is 0.368. The largest absolute Gasteiger partial charge is 0.492 e. The first-order valence-corrected chi connectivity index (χ1v) is 9.99. The number of rotatable bonds is 6. The van der Waals surface area contributed by atoms with Gasteiger partial charge in [-0.25, -0.2) is 0 Å². The minimum absolute atomic E-state index is 0.103. The summed E-state index contributed by atoms with van der Waals surface area (Å²) in [5, 5.41) is 0. The molecule has 0 aromatic heterocycles. The molecule has 1 aliphatic heterocycles. The fourth-order valence-electron chi connectivity index (χ4n) is 3.04. The molecule has 2 aromatic carbocycles. The molecule has 0 saturated carbocycles. The maximum absolute atomic E-state index is 11.1. The van der Waals surface area contributed by atoms with Crippen LogP contribution in [0.1, 0.15) is 19.3 Å². The number of benzene rings is 2. The summed E-state index contributed by atoms with van der Waals surface area (Å²) in [5.41, 5.74) is 1.84. The average Bonchev–Trinajstić information content (AvgIpc) is 2.63. The van der Waals surface area contributed by atoms with Crippen LogP contribution in [-0.4, -0.2) is 44.1 Å². The van der Waals surface area contributed by atoms with Crippen molar-refractivity contribution in [3.05, 3.63) is 48.5 Å². The van der Waals surface area contributed by atoms with Crippen LogP contribution in [0.2, 0.25) is 0 Å². The van der Waals surface area contributed by atoms with Crippen molar-refractivity contribution in [1.82, 2.24) is 4.90 Å². The van der Waals surface area contributed by atoms with Gasteiger partial charge in [-0.1, -0.05) is 30.7 Å². The maximum Gasteiger partial charge on any atom is 0.294 e. The van der Waals surface area contributed by atoms with E-state index in [2.05, 4.69) is 4.90 Å². The highest BCUT2D eigenvalue weighted by molar-refractivity contribution is 7.85. The van der Waals surface area contributed by atoms with E-state index >= 15 is 0 Å². The number of ether oxygens (including phenoxy) is 1. The quantitative estimate of drug-likeness (QED) is 0.798. The lowest BCUT2D eigenvalue weighted by Crippen LogP contribution is -2.33. The van der Waals surface area contributed by atoms with Gasteiger partial charge in [0, 0.05) is 6.54 Å².